The summed E-state index contributed by atoms with van der Waals surface area (Å²) >= 11 is 0. The molecule has 0 unspecified atom stereocenters. The molecule has 10 nitrogen and oxygen atoms in total. The minimum atomic E-state index is -0.868. The average Bonchev–Trinajstić information content (AvgIpc) is 2.61. The van der Waals surface area contributed by atoms with Gasteiger partial charge < -0.3 is 10.6 Å². The first kappa shape index (κ1) is 18.5. The van der Waals surface area contributed by atoms with Gasteiger partial charge in [0.1, 0.15) is 5.56 Å². The van der Waals surface area contributed by atoms with Crippen molar-refractivity contribution in [2.45, 2.75) is 6.92 Å². The van der Waals surface area contributed by atoms with Gasteiger partial charge in [0, 0.05) is 23.9 Å². The minimum absolute atomic E-state index is 0.256. The maximum absolute atomic E-state index is 12.3. The van der Waals surface area contributed by atoms with Crippen LogP contribution in [0.25, 0.3) is 0 Å². The first-order chi connectivity index (χ1) is 12.3. The predicted molar refractivity (Wildman–Crippen MR) is 92.2 cm³/mol. The van der Waals surface area contributed by atoms with E-state index in [4.69, 9.17) is 0 Å². The zero-order chi connectivity index (χ0) is 19.3. The van der Waals surface area contributed by atoms with Crippen molar-refractivity contribution in [2.24, 2.45) is 0 Å². The molecule has 0 heterocycles. The molecule has 0 aromatic heterocycles. The lowest BCUT2D eigenvalue weighted by molar-refractivity contribution is -0.394. The fourth-order valence-corrected chi connectivity index (χ4v) is 2.18. The molecule has 134 valence electrons. The molecule has 0 aliphatic heterocycles. The van der Waals surface area contributed by atoms with Crippen LogP contribution in [-0.4, -0.2) is 28.2 Å². The Balaban J connectivity index is 2.30. The van der Waals surface area contributed by atoms with Crippen molar-refractivity contribution in [2.75, 3.05) is 11.9 Å². The third-order valence-electron chi connectivity index (χ3n) is 3.35. The Morgan fingerprint density at radius 1 is 1.00 bits per heavy atom. The van der Waals surface area contributed by atoms with Gasteiger partial charge in [-0.3, -0.25) is 29.8 Å². The van der Waals surface area contributed by atoms with Gasteiger partial charge in [0.25, 0.3) is 23.2 Å². The van der Waals surface area contributed by atoms with E-state index >= 15 is 0 Å². The van der Waals surface area contributed by atoms with Crippen LogP contribution in [0.4, 0.5) is 17.1 Å². The van der Waals surface area contributed by atoms with Crippen molar-refractivity contribution in [1.29, 1.82) is 0 Å². The number of benzene rings is 2. The van der Waals surface area contributed by atoms with Crippen molar-refractivity contribution in [3.63, 3.8) is 0 Å². The van der Waals surface area contributed by atoms with E-state index in [9.17, 15) is 29.8 Å². The number of hydrogen-bond acceptors (Lipinski definition) is 6. The van der Waals surface area contributed by atoms with Crippen LogP contribution < -0.4 is 10.6 Å². The summed E-state index contributed by atoms with van der Waals surface area (Å²) in [5.41, 5.74) is -0.943. The van der Waals surface area contributed by atoms with Crippen molar-refractivity contribution in [3.8, 4) is 0 Å². The molecule has 0 aliphatic rings. The fourth-order valence-electron chi connectivity index (χ4n) is 2.18. The van der Waals surface area contributed by atoms with Crippen LogP contribution in [0.2, 0.25) is 0 Å². The van der Waals surface area contributed by atoms with E-state index in [1.165, 1.54) is 12.1 Å². The van der Waals surface area contributed by atoms with Gasteiger partial charge in [-0.15, -0.1) is 0 Å². The van der Waals surface area contributed by atoms with Crippen LogP contribution in [0.1, 0.15) is 27.6 Å². The van der Waals surface area contributed by atoms with Crippen LogP contribution in [-0.2, 0) is 0 Å². The molecule has 0 aliphatic carbocycles. The number of carbonyl (C=O) groups is 2. The molecule has 10 heteroatoms. The van der Waals surface area contributed by atoms with Crippen LogP contribution >= 0.6 is 0 Å². The van der Waals surface area contributed by atoms with Gasteiger partial charge in [-0.05, 0) is 31.2 Å². The number of carbonyl (C=O) groups excluding carboxylic acids is 2. The highest BCUT2D eigenvalue weighted by Gasteiger charge is 2.24. The molecule has 2 aromatic rings. The molecule has 0 saturated carbocycles. The van der Waals surface area contributed by atoms with Gasteiger partial charge in [-0.25, -0.2) is 0 Å². The van der Waals surface area contributed by atoms with E-state index < -0.39 is 27.1 Å². The molecule has 2 aromatic carbocycles. The Labute approximate surface area is 147 Å². The Hall–Kier alpha value is -3.82. The summed E-state index contributed by atoms with van der Waals surface area (Å²) in [4.78, 5) is 44.4. The lowest BCUT2D eigenvalue weighted by Gasteiger charge is -2.08. The number of rotatable bonds is 6. The van der Waals surface area contributed by atoms with Crippen molar-refractivity contribution < 1.29 is 19.4 Å². The maximum Gasteiger partial charge on any atom is 0.289 e. The molecule has 0 atom stereocenters. The van der Waals surface area contributed by atoms with Gasteiger partial charge >= 0.3 is 0 Å². The molecule has 2 amide bonds. The molecular formula is C16H14N4O6. The molecule has 0 spiro atoms. The number of nitrogens with zero attached hydrogens (tertiary/aromatic N) is 2. The molecule has 2 N–H and O–H groups in total. The number of anilines is 1. The standard InChI is InChI=1S/C16H14N4O6/c1-2-17-15(21)10-4-3-5-11(8-10)18-16(22)13-7-6-12(19(23)24)9-14(13)20(25)26/h3-9H,2H2,1H3,(H,17,21)(H,18,22). The molecule has 0 radical (unpaired) electrons. The normalized spacial score (nSPS) is 10.0. The Morgan fingerprint density at radius 2 is 1.73 bits per heavy atom. The SMILES string of the molecule is CCNC(=O)c1cccc(NC(=O)c2ccc([N+](=O)[O-])cc2[N+](=O)[O-])c1. The van der Waals surface area contributed by atoms with E-state index in [1.807, 2.05) is 0 Å². The number of non-ortho nitro benzene ring substituents is 1. The van der Waals surface area contributed by atoms with Crippen molar-refractivity contribution >= 4 is 28.9 Å². The molecule has 2 rings (SSSR count). The molecular weight excluding hydrogens is 344 g/mol. The second kappa shape index (κ2) is 7.83. The van der Waals surface area contributed by atoms with Gasteiger partial charge in [0.15, 0.2) is 0 Å². The first-order valence-electron chi connectivity index (χ1n) is 7.46. The third kappa shape index (κ3) is 4.17. The smallest absolute Gasteiger partial charge is 0.289 e. The Bertz CT molecular complexity index is 896. The number of nitro benzene ring substituents is 2. The lowest BCUT2D eigenvalue weighted by Crippen LogP contribution is -2.22. The summed E-state index contributed by atoms with van der Waals surface area (Å²) in [5, 5.41) is 26.9. The molecule has 0 saturated heterocycles. The molecule has 26 heavy (non-hydrogen) atoms. The minimum Gasteiger partial charge on any atom is -0.352 e. The van der Waals surface area contributed by atoms with Crippen LogP contribution in [0.15, 0.2) is 42.5 Å². The van der Waals surface area contributed by atoms with Crippen LogP contribution in [0.5, 0.6) is 0 Å². The average molecular weight is 358 g/mol. The zero-order valence-electron chi connectivity index (χ0n) is 13.6. The molecule has 0 fully saturated rings. The second-order valence-electron chi connectivity index (χ2n) is 5.11. The fraction of sp³-hybridized carbons (Fsp3) is 0.125. The van der Waals surface area contributed by atoms with E-state index in [-0.39, 0.29) is 17.2 Å². The highest BCUT2D eigenvalue weighted by molar-refractivity contribution is 6.07. The largest absolute Gasteiger partial charge is 0.352 e. The highest BCUT2D eigenvalue weighted by atomic mass is 16.6. The van der Waals surface area contributed by atoms with Gasteiger partial charge in [-0.2, -0.15) is 0 Å². The van der Waals surface area contributed by atoms with E-state index in [2.05, 4.69) is 10.6 Å². The predicted octanol–water partition coefficient (Wildman–Crippen LogP) is 2.51. The molecule has 0 bridgehead atoms. The van der Waals surface area contributed by atoms with Crippen molar-refractivity contribution in [3.05, 3.63) is 73.8 Å². The van der Waals surface area contributed by atoms with E-state index in [1.54, 1.807) is 19.1 Å². The summed E-state index contributed by atoms with van der Waals surface area (Å²) in [6.45, 7) is 2.20. The van der Waals surface area contributed by atoms with Crippen LogP contribution in [0, 0.1) is 20.2 Å². The highest BCUT2D eigenvalue weighted by Crippen LogP contribution is 2.25. The Morgan fingerprint density at radius 3 is 2.35 bits per heavy atom. The van der Waals surface area contributed by atoms with Gasteiger partial charge in [0.2, 0.25) is 0 Å². The number of nitro groups is 2. The van der Waals surface area contributed by atoms with Crippen molar-refractivity contribution in [1.82, 2.24) is 5.32 Å². The quantitative estimate of drug-likeness (QED) is 0.599. The first-order valence-corrected chi connectivity index (χ1v) is 7.46. The summed E-state index contributed by atoms with van der Waals surface area (Å²) in [7, 11) is 0. The monoisotopic (exact) mass is 358 g/mol. The van der Waals surface area contributed by atoms with E-state index in [0.717, 1.165) is 18.2 Å². The Kier molecular flexibility index (Phi) is 5.58. The van der Waals surface area contributed by atoms with Gasteiger partial charge in [0.05, 0.1) is 15.9 Å². The number of hydrogen-bond donors (Lipinski definition) is 2. The number of nitrogens with one attached hydrogen (secondary N) is 2. The zero-order valence-corrected chi connectivity index (χ0v) is 13.6. The summed E-state index contributed by atoms with van der Waals surface area (Å²) in [6, 6.07) is 8.77. The summed E-state index contributed by atoms with van der Waals surface area (Å²) < 4.78 is 0. The topological polar surface area (TPSA) is 144 Å². The third-order valence-corrected chi connectivity index (χ3v) is 3.35. The van der Waals surface area contributed by atoms with E-state index in [0.29, 0.717) is 12.1 Å². The second-order valence-corrected chi connectivity index (χ2v) is 5.11. The summed E-state index contributed by atoms with van der Waals surface area (Å²) in [5.74, 6) is -1.15. The van der Waals surface area contributed by atoms with Crippen LogP contribution in [0.3, 0.4) is 0 Å². The van der Waals surface area contributed by atoms with Gasteiger partial charge in [-0.1, -0.05) is 6.07 Å². The number of amides is 2. The summed E-state index contributed by atoms with van der Waals surface area (Å²) in [6.07, 6.45) is 0. The maximum atomic E-state index is 12.3. The lowest BCUT2D eigenvalue weighted by atomic mass is 10.1.